The highest BCUT2D eigenvalue weighted by atomic mass is 32.1. The van der Waals surface area contributed by atoms with Crippen molar-refractivity contribution < 1.29 is 4.74 Å². The lowest BCUT2D eigenvalue weighted by Gasteiger charge is -2.07. The van der Waals surface area contributed by atoms with Gasteiger partial charge in [0.1, 0.15) is 5.75 Å². The first kappa shape index (κ1) is 18.2. The first-order valence-corrected chi connectivity index (χ1v) is 9.44. The molecule has 1 heterocycles. The van der Waals surface area contributed by atoms with E-state index in [1.54, 1.807) is 0 Å². The Morgan fingerprint density at radius 1 is 1.09 bits per heavy atom. The van der Waals surface area contributed by atoms with Crippen molar-refractivity contribution in [3.8, 4) is 5.75 Å². The van der Waals surface area contributed by atoms with Gasteiger partial charge in [0.15, 0.2) is 0 Å². The van der Waals surface area contributed by atoms with Gasteiger partial charge in [-0.2, -0.15) is 12.6 Å². The quantitative estimate of drug-likeness (QED) is 0.414. The molecule has 0 saturated carbocycles. The van der Waals surface area contributed by atoms with Crippen molar-refractivity contribution in [3.63, 3.8) is 0 Å². The Morgan fingerprint density at radius 3 is 2.57 bits per heavy atom. The molecule has 0 aliphatic carbocycles. The summed E-state index contributed by atoms with van der Waals surface area (Å²) in [6, 6.07) is 6.31. The summed E-state index contributed by atoms with van der Waals surface area (Å²) in [6.45, 7) is 3.58. The van der Waals surface area contributed by atoms with E-state index in [-0.39, 0.29) is 0 Å². The van der Waals surface area contributed by atoms with Gasteiger partial charge in [-0.25, -0.2) is 0 Å². The molecule has 3 nitrogen and oxygen atoms in total. The zero-order valence-corrected chi connectivity index (χ0v) is 15.1. The highest BCUT2D eigenvalue weighted by molar-refractivity contribution is 7.80. The maximum absolute atomic E-state index is 5.93. The summed E-state index contributed by atoms with van der Waals surface area (Å²) in [5.41, 5.74) is 9.42. The Morgan fingerprint density at radius 2 is 1.83 bits per heavy atom. The fourth-order valence-electron chi connectivity index (χ4n) is 3.03. The maximum Gasteiger partial charge on any atom is 0.120 e. The molecular formula is C19H30N2OS. The lowest BCUT2D eigenvalue weighted by Crippen LogP contribution is -2.03. The van der Waals surface area contributed by atoms with Gasteiger partial charge < -0.3 is 15.5 Å². The van der Waals surface area contributed by atoms with Gasteiger partial charge in [-0.3, -0.25) is 0 Å². The SMILES string of the molecule is Cc1[nH]c2ccc(OCCCCCCCCS)cc2c1CCN. The van der Waals surface area contributed by atoms with Crippen LogP contribution >= 0.6 is 12.6 Å². The van der Waals surface area contributed by atoms with Crippen LogP contribution in [0.1, 0.15) is 49.8 Å². The van der Waals surface area contributed by atoms with Crippen LogP contribution in [0.5, 0.6) is 5.75 Å². The number of nitrogens with two attached hydrogens (primary N) is 1. The zero-order valence-electron chi connectivity index (χ0n) is 14.2. The molecule has 1 aromatic carbocycles. The zero-order chi connectivity index (χ0) is 16.5. The lowest BCUT2D eigenvalue weighted by atomic mass is 10.1. The minimum atomic E-state index is 0.673. The topological polar surface area (TPSA) is 51.0 Å². The Balaban J connectivity index is 1.80. The normalized spacial score (nSPS) is 11.3. The van der Waals surface area contributed by atoms with Gasteiger partial charge in [-0.05, 0) is 62.2 Å². The maximum atomic E-state index is 5.93. The number of hydrogen-bond acceptors (Lipinski definition) is 3. The number of aryl methyl sites for hydroxylation is 1. The van der Waals surface area contributed by atoms with Crippen LogP contribution in [0, 0.1) is 6.92 Å². The Labute approximate surface area is 145 Å². The van der Waals surface area contributed by atoms with E-state index in [0.29, 0.717) is 6.54 Å². The highest BCUT2D eigenvalue weighted by Gasteiger charge is 2.08. The molecular weight excluding hydrogens is 304 g/mol. The third-order valence-electron chi connectivity index (χ3n) is 4.31. The van der Waals surface area contributed by atoms with Crippen LogP contribution < -0.4 is 10.5 Å². The summed E-state index contributed by atoms with van der Waals surface area (Å²) in [7, 11) is 0. The Bertz CT molecular complexity index is 594. The van der Waals surface area contributed by atoms with E-state index in [1.807, 2.05) is 0 Å². The number of hydrogen-bond donors (Lipinski definition) is 3. The van der Waals surface area contributed by atoms with Gasteiger partial charge in [0.2, 0.25) is 0 Å². The summed E-state index contributed by atoms with van der Waals surface area (Å²) in [6.07, 6.45) is 8.43. The molecule has 3 N–H and O–H groups in total. The van der Waals surface area contributed by atoms with Crippen molar-refractivity contribution in [3.05, 3.63) is 29.5 Å². The number of unbranched alkanes of at least 4 members (excludes halogenated alkanes) is 5. The molecule has 0 unspecified atom stereocenters. The van der Waals surface area contributed by atoms with Crippen LogP contribution in [0.25, 0.3) is 10.9 Å². The monoisotopic (exact) mass is 334 g/mol. The molecule has 128 valence electrons. The largest absolute Gasteiger partial charge is 0.494 e. The number of benzene rings is 1. The molecule has 23 heavy (non-hydrogen) atoms. The molecule has 0 radical (unpaired) electrons. The minimum Gasteiger partial charge on any atom is -0.494 e. The van der Waals surface area contributed by atoms with Gasteiger partial charge in [0.05, 0.1) is 6.61 Å². The molecule has 2 aromatic rings. The Hall–Kier alpha value is -1.13. The first-order valence-electron chi connectivity index (χ1n) is 8.81. The van der Waals surface area contributed by atoms with E-state index in [0.717, 1.165) is 31.0 Å². The van der Waals surface area contributed by atoms with E-state index >= 15 is 0 Å². The summed E-state index contributed by atoms with van der Waals surface area (Å²) < 4.78 is 5.93. The standard InChI is InChI=1S/C19H30N2OS/c1-15-17(10-11-20)18-14-16(8-9-19(18)21-15)22-12-6-4-2-3-5-7-13-23/h8-9,14,21,23H,2-7,10-13,20H2,1H3. The van der Waals surface area contributed by atoms with E-state index in [9.17, 15) is 0 Å². The predicted molar refractivity (Wildman–Crippen MR) is 103 cm³/mol. The molecule has 0 atom stereocenters. The average molecular weight is 335 g/mol. The number of thiol groups is 1. The summed E-state index contributed by atoms with van der Waals surface area (Å²) in [4.78, 5) is 3.42. The molecule has 0 aliphatic rings. The van der Waals surface area contributed by atoms with E-state index in [4.69, 9.17) is 10.5 Å². The third kappa shape index (κ3) is 5.47. The average Bonchev–Trinajstić information content (AvgIpc) is 2.86. The molecule has 2 rings (SSSR count). The van der Waals surface area contributed by atoms with Crippen molar-refractivity contribution in [1.29, 1.82) is 0 Å². The molecule has 0 bridgehead atoms. The smallest absolute Gasteiger partial charge is 0.120 e. The van der Waals surface area contributed by atoms with Crippen LogP contribution in [0.2, 0.25) is 0 Å². The Kier molecular flexibility index (Phi) is 7.83. The van der Waals surface area contributed by atoms with Crippen LogP contribution in [0.3, 0.4) is 0 Å². The minimum absolute atomic E-state index is 0.673. The number of ether oxygens (including phenoxy) is 1. The summed E-state index contributed by atoms with van der Waals surface area (Å²) in [5.74, 6) is 1.97. The highest BCUT2D eigenvalue weighted by Crippen LogP contribution is 2.26. The third-order valence-corrected chi connectivity index (χ3v) is 4.62. The number of aromatic nitrogens is 1. The van der Waals surface area contributed by atoms with E-state index < -0.39 is 0 Å². The molecule has 1 aromatic heterocycles. The van der Waals surface area contributed by atoms with Crippen molar-refractivity contribution in [1.82, 2.24) is 4.98 Å². The van der Waals surface area contributed by atoms with Crippen molar-refractivity contribution in [2.45, 2.75) is 51.9 Å². The van der Waals surface area contributed by atoms with E-state index in [2.05, 4.69) is 42.7 Å². The van der Waals surface area contributed by atoms with Crippen LogP contribution in [-0.4, -0.2) is 23.9 Å². The van der Waals surface area contributed by atoms with Gasteiger partial charge >= 0.3 is 0 Å². The molecule has 0 amide bonds. The van der Waals surface area contributed by atoms with E-state index in [1.165, 1.54) is 54.3 Å². The second-order valence-electron chi connectivity index (χ2n) is 6.17. The fourth-order valence-corrected chi connectivity index (χ4v) is 3.25. The van der Waals surface area contributed by atoms with Crippen molar-refractivity contribution >= 4 is 23.5 Å². The number of fused-ring (bicyclic) bond motifs is 1. The molecule has 0 aliphatic heterocycles. The lowest BCUT2D eigenvalue weighted by molar-refractivity contribution is 0.305. The molecule has 0 fully saturated rings. The predicted octanol–water partition coefficient (Wildman–Crippen LogP) is 4.63. The van der Waals surface area contributed by atoms with Crippen LogP contribution in [0.4, 0.5) is 0 Å². The molecule has 0 saturated heterocycles. The van der Waals surface area contributed by atoms with Gasteiger partial charge in [-0.15, -0.1) is 0 Å². The van der Waals surface area contributed by atoms with Crippen molar-refractivity contribution in [2.75, 3.05) is 18.9 Å². The number of rotatable bonds is 11. The summed E-state index contributed by atoms with van der Waals surface area (Å²) in [5, 5.41) is 1.25. The second-order valence-corrected chi connectivity index (χ2v) is 6.62. The first-order chi connectivity index (χ1) is 11.3. The van der Waals surface area contributed by atoms with Gasteiger partial charge in [0.25, 0.3) is 0 Å². The van der Waals surface area contributed by atoms with Crippen LogP contribution in [-0.2, 0) is 6.42 Å². The second kappa shape index (κ2) is 9.89. The fraction of sp³-hybridized carbons (Fsp3) is 0.579. The van der Waals surface area contributed by atoms with Crippen molar-refractivity contribution in [2.24, 2.45) is 5.73 Å². The molecule has 0 spiro atoms. The summed E-state index contributed by atoms with van der Waals surface area (Å²) >= 11 is 4.24. The molecule has 4 heteroatoms. The van der Waals surface area contributed by atoms with Gasteiger partial charge in [-0.1, -0.05) is 25.7 Å². The van der Waals surface area contributed by atoms with Gasteiger partial charge in [0, 0.05) is 16.6 Å². The number of H-pyrrole nitrogens is 1. The number of aromatic amines is 1. The number of nitrogens with one attached hydrogen (secondary N) is 1. The van der Waals surface area contributed by atoms with Crippen LogP contribution in [0.15, 0.2) is 18.2 Å².